The molecule has 0 saturated carbocycles. The van der Waals surface area contributed by atoms with Crippen LogP contribution in [0.15, 0.2) is 85.3 Å². The summed E-state index contributed by atoms with van der Waals surface area (Å²) in [5.41, 5.74) is 2.38. The van der Waals surface area contributed by atoms with Crippen LogP contribution >= 0.6 is 0 Å². The van der Waals surface area contributed by atoms with E-state index in [1.165, 1.54) is 6.08 Å². The zero-order chi connectivity index (χ0) is 14.3. The maximum Gasteiger partial charge on any atom is 0.131 e. The van der Waals surface area contributed by atoms with Gasteiger partial charge in [-0.05, 0) is 29.2 Å². The predicted molar refractivity (Wildman–Crippen MR) is 82.4 cm³/mol. The highest BCUT2D eigenvalue weighted by Gasteiger charge is 2.05. The number of benzene rings is 1. The van der Waals surface area contributed by atoms with Crippen LogP contribution in [-0.2, 0) is 0 Å². The summed E-state index contributed by atoms with van der Waals surface area (Å²) < 4.78 is 14.0. The smallest absolute Gasteiger partial charge is 0.131 e. The third kappa shape index (κ3) is 4.55. The highest BCUT2D eigenvalue weighted by molar-refractivity contribution is 5.73. The normalized spacial score (nSPS) is 11.6. The summed E-state index contributed by atoms with van der Waals surface area (Å²) in [7, 11) is 0. The Morgan fingerprint density at radius 2 is 1.79 bits per heavy atom. The van der Waals surface area contributed by atoms with Gasteiger partial charge in [-0.2, -0.15) is 0 Å². The highest BCUT2D eigenvalue weighted by atomic mass is 19.1. The van der Waals surface area contributed by atoms with Crippen molar-refractivity contribution in [3.05, 3.63) is 90.8 Å². The second-order valence-corrected chi connectivity index (χ2v) is 4.20. The number of halogens is 1. The molecule has 0 bridgehead atoms. The van der Waals surface area contributed by atoms with Crippen LogP contribution in [0.1, 0.15) is 18.9 Å². The van der Waals surface area contributed by atoms with Crippen LogP contribution < -0.4 is 0 Å². The molecule has 0 aliphatic carbocycles. The summed E-state index contributed by atoms with van der Waals surface area (Å²) in [5.74, 6) is -0.403. The maximum absolute atomic E-state index is 14.0. The van der Waals surface area contributed by atoms with E-state index in [2.05, 4.69) is 19.7 Å². The first-order valence-electron chi connectivity index (χ1n) is 6.23. The van der Waals surface area contributed by atoms with E-state index in [9.17, 15) is 4.39 Å². The van der Waals surface area contributed by atoms with Crippen molar-refractivity contribution >= 4 is 5.57 Å². The molecule has 1 rings (SSSR count). The van der Waals surface area contributed by atoms with Crippen LogP contribution in [0.4, 0.5) is 4.39 Å². The van der Waals surface area contributed by atoms with E-state index in [0.717, 1.165) is 12.0 Å². The topological polar surface area (TPSA) is 0 Å². The summed E-state index contributed by atoms with van der Waals surface area (Å²) in [6, 6.07) is 9.47. The van der Waals surface area contributed by atoms with Crippen molar-refractivity contribution in [3.8, 4) is 0 Å². The average Bonchev–Trinajstić information content (AvgIpc) is 2.44. The lowest BCUT2D eigenvalue weighted by Crippen LogP contribution is -1.86. The minimum absolute atomic E-state index is 0.293. The summed E-state index contributed by atoms with van der Waals surface area (Å²) in [6.45, 7) is 13.4. The largest absolute Gasteiger partial charge is 0.206 e. The van der Waals surface area contributed by atoms with Crippen LogP contribution in [0, 0.1) is 0 Å². The van der Waals surface area contributed by atoms with Gasteiger partial charge in [0.05, 0.1) is 0 Å². The van der Waals surface area contributed by atoms with Gasteiger partial charge < -0.3 is 0 Å². The van der Waals surface area contributed by atoms with Gasteiger partial charge in [0.25, 0.3) is 0 Å². The van der Waals surface area contributed by atoms with E-state index in [-0.39, 0.29) is 0 Å². The van der Waals surface area contributed by atoms with Crippen LogP contribution in [0.25, 0.3) is 5.57 Å². The third-order valence-corrected chi connectivity index (χ3v) is 2.68. The maximum atomic E-state index is 14.0. The zero-order valence-electron chi connectivity index (χ0n) is 11.3. The second kappa shape index (κ2) is 7.32. The summed E-state index contributed by atoms with van der Waals surface area (Å²) >= 11 is 0. The van der Waals surface area contributed by atoms with Crippen LogP contribution in [0.5, 0.6) is 0 Å². The molecule has 0 radical (unpaired) electrons. The summed E-state index contributed by atoms with van der Waals surface area (Å²) in [4.78, 5) is 0. The Morgan fingerprint density at radius 1 is 1.16 bits per heavy atom. The number of hydrogen-bond acceptors (Lipinski definition) is 0. The zero-order valence-corrected chi connectivity index (χ0v) is 11.3. The fourth-order valence-electron chi connectivity index (χ4n) is 1.49. The van der Waals surface area contributed by atoms with E-state index in [0.29, 0.717) is 16.7 Å². The van der Waals surface area contributed by atoms with Gasteiger partial charge in [0.2, 0.25) is 0 Å². The van der Waals surface area contributed by atoms with Crippen molar-refractivity contribution in [2.75, 3.05) is 0 Å². The molecule has 0 aliphatic rings. The molecule has 0 amide bonds. The lowest BCUT2D eigenvalue weighted by Gasteiger charge is -2.05. The van der Waals surface area contributed by atoms with E-state index in [1.807, 2.05) is 43.3 Å². The summed E-state index contributed by atoms with van der Waals surface area (Å²) in [6.07, 6.45) is 5.98. The van der Waals surface area contributed by atoms with Gasteiger partial charge in [-0.3, -0.25) is 0 Å². The van der Waals surface area contributed by atoms with Crippen LogP contribution in [0.3, 0.4) is 0 Å². The molecule has 1 aromatic rings. The fraction of sp³-hybridized carbons (Fsp3) is 0.111. The highest BCUT2D eigenvalue weighted by Crippen LogP contribution is 2.23. The first kappa shape index (κ1) is 14.9. The van der Waals surface area contributed by atoms with E-state index in [1.54, 1.807) is 6.08 Å². The standard InChI is InChI=1S/C18H19F/c1-5-6-10-14(2)16(4)18(19)13-15(3)17-11-8-7-9-12-17/h6-13H,2-5H2,1H3/b10-6-,18-13+. The molecule has 0 fully saturated rings. The van der Waals surface area contributed by atoms with Crippen molar-refractivity contribution in [1.29, 1.82) is 0 Å². The minimum Gasteiger partial charge on any atom is -0.206 e. The van der Waals surface area contributed by atoms with E-state index >= 15 is 0 Å². The van der Waals surface area contributed by atoms with Gasteiger partial charge in [0, 0.05) is 5.57 Å². The molecule has 98 valence electrons. The molecular formula is C18H19F. The Bertz CT molecular complexity index is 530. The molecule has 1 heteroatoms. The summed E-state index contributed by atoms with van der Waals surface area (Å²) in [5, 5.41) is 0. The Labute approximate surface area is 115 Å². The Balaban J connectivity index is 2.82. The molecule has 0 unspecified atom stereocenters. The Kier molecular flexibility index (Phi) is 5.74. The van der Waals surface area contributed by atoms with Crippen molar-refractivity contribution in [2.45, 2.75) is 13.3 Å². The monoisotopic (exact) mass is 254 g/mol. The predicted octanol–water partition coefficient (Wildman–Crippen LogP) is 5.63. The quantitative estimate of drug-likeness (QED) is 0.577. The van der Waals surface area contributed by atoms with Crippen LogP contribution in [-0.4, -0.2) is 0 Å². The van der Waals surface area contributed by atoms with Crippen molar-refractivity contribution < 1.29 is 4.39 Å². The average molecular weight is 254 g/mol. The molecule has 0 aliphatic heterocycles. The first-order chi connectivity index (χ1) is 9.06. The van der Waals surface area contributed by atoms with Crippen LogP contribution in [0.2, 0.25) is 0 Å². The molecule has 0 heterocycles. The van der Waals surface area contributed by atoms with E-state index in [4.69, 9.17) is 0 Å². The van der Waals surface area contributed by atoms with E-state index < -0.39 is 5.83 Å². The van der Waals surface area contributed by atoms with Gasteiger partial charge in [0.15, 0.2) is 0 Å². The van der Waals surface area contributed by atoms with Gasteiger partial charge in [-0.15, -0.1) is 0 Å². The first-order valence-corrected chi connectivity index (χ1v) is 6.23. The fourth-order valence-corrected chi connectivity index (χ4v) is 1.49. The van der Waals surface area contributed by atoms with Gasteiger partial charge in [0.1, 0.15) is 5.83 Å². The number of hydrogen-bond donors (Lipinski definition) is 0. The van der Waals surface area contributed by atoms with Crippen molar-refractivity contribution in [1.82, 2.24) is 0 Å². The Hall–Kier alpha value is -2.15. The third-order valence-electron chi connectivity index (χ3n) is 2.68. The lowest BCUT2D eigenvalue weighted by molar-refractivity contribution is 0.657. The Morgan fingerprint density at radius 3 is 2.37 bits per heavy atom. The van der Waals surface area contributed by atoms with Gasteiger partial charge >= 0.3 is 0 Å². The van der Waals surface area contributed by atoms with Crippen molar-refractivity contribution in [3.63, 3.8) is 0 Å². The molecule has 19 heavy (non-hydrogen) atoms. The molecular weight excluding hydrogens is 235 g/mol. The molecule has 0 saturated heterocycles. The SMILES string of the molecule is C=C(/C=C\CC)C(=C)/C(F)=C\C(=C)c1ccccc1. The second-order valence-electron chi connectivity index (χ2n) is 4.20. The molecule has 1 aromatic carbocycles. The molecule has 0 aromatic heterocycles. The molecule has 0 nitrogen and oxygen atoms in total. The van der Waals surface area contributed by atoms with Gasteiger partial charge in [-0.25, -0.2) is 4.39 Å². The molecule has 0 spiro atoms. The number of allylic oxidation sites excluding steroid dienone is 7. The molecule has 0 atom stereocenters. The minimum atomic E-state index is -0.403. The lowest BCUT2D eigenvalue weighted by atomic mass is 10.0. The van der Waals surface area contributed by atoms with Gasteiger partial charge in [-0.1, -0.05) is 69.1 Å². The number of rotatable bonds is 6. The molecule has 0 N–H and O–H groups in total. The van der Waals surface area contributed by atoms with Crippen molar-refractivity contribution in [2.24, 2.45) is 0 Å².